The molecule has 2 aromatic rings. The molecular weight excluding hydrogens is 214 g/mol. The fourth-order valence-electron chi connectivity index (χ4n) is 1.75. The van der Waals surface area contributed by atoms with Crippen molar-refractivity contribution in [2.24, 2.45) is 0 Å². The molecule has 0 aliphatic carbocycles. The van der Waals surface area contributed by atoms with Crippen LogP contribution in [-0.4, -0.2) is 27.4 Å². The zero-order valence-electron chi connectivity index (χ0n) is 10.7. The van der Waals surface area contributed by atoms with E-state index in [1.165, 1.54) is 11.1 Å². The molecule has 1 heterocycles. The van der Waals surface area contributed by atoms with E-state index in [0.717, 1.165) is 11.0 Å². The molecule has 0 atom stereocenters. The Morgan fingerprint density at radius 2 is 2.00 bits per heavy atom. The Hall–Kier alpha value is -1.84. The lowest BCUT2D eigenvalue weighted by Crippen LogP contribution is -2.26. The van der Waals surface area contributed by atoms with Crippen LogP contribution in [-0.2, 0) is 11.5 Å². The molecule has 0 saturated carbocycles. The van der Waals surface area contributed by atoms with Crippen LogP contribution in [0.3, 0.4) is 0 Å². The zero-order chi connectivity index (χ0) is 12.6. The van der Waals surface area contributed by atoms with Crippen LogP contribution in [0, 0.1) is 13.8 Å². The summed E-state index contributed by atoms with van der Waals surface area (Å²) in [6, 6.07) is 4.20. The van der Waals surface area contributed by atoms with Crippen molar-refractivity contribution in [1.29, 1.82) is 0 Å². The number of benzene rings is 1. The van der Waals surface area contributed by atoms with Crippen molar-refractivity contribution in [3.63, 3.8) is 0 Å². The number of amides is 1. The Morgan fingerprint density at radius 1 is 1.35 bits per heavy atom. The van der Waals surface area contributed by atoms with Gasteiger partial charge in [0.1, 0.15) is 0 Å². The van der Waals surface area contributed by atoms with Gasteiger partial charge in [0.05, 0.1) is 24.0 Å². The summed E-state index contributed by atoms with van der Waals surface area (Å²) in [5.41, 5.74) is 4.53. The molecular formula is C13H17N3O. The van der Waals surface area contributed by atoms with Crippen LogP contribution in [0.5, 0.6) is 0 Å². The zero-order valence-corrected chi connectivity index (χ0v) is 10.7. The molecule has 1 aromatic carbocycles. The van der Waals surface area contributed by atoms with Gasteiger partial charge in [-0.2, -0.15) is 0 Å². The van der Waals surface area contributed by atoms with Crippen molar-refractivity contribution in [2.75, 3.05) is 7.05 Å². The number of hydrogen-bond donors (Lipinski definition) is 0. The number of aryl methyl sites for hydroxylation is 2. The summed E-state index contributed by atoms with van der Waals surface area (Å²) in [4.78, 5) is 17.2. The van der Waals surface area contributed by atoms with Crippen LogP contribution < -0.4 is 0 Å². The van der Waals surface area contributed by atoms with E-state index in [1.54, 1.807) is 25.2 Å². The summed E-state index contributed by atoms with van der Waals surface area (Å²) in [5.74, 6) is 0.0516. The van der Waals surface area contributed by atoms with E-state index in [0.29, 0.717) is 6.67 Å². The third kappa shape index (κ3) is 2.16. The maximum absolute atomic E-state index is 11.2. The SMILES string of the molecule is CC(=O)N(C)Cn1cnc2cc(C)c(C)cc21. The maximum atomic E-state index is 11.2. The summed E-state index contributed by atoms with van der Waals surface area (Å²) < 4.78 is 1.99. The Bertz CT molecular complexity index is 571. The average molecular weight is 231 g/mol. The fourth-order valence-corrected chi connectivity index (χ4v) is 1.75. The van der Waals surface area contributed by atoms with Gasteiger partial charge in [-0.15, -0.1) is 0 Å². The minimum atomic E-state index is 0.0516. The number of nitrogens with zero attached hydrogens (tertiary/aromatic N) is 3. The lowest BCUT2D eigenvalue weighted by molar-refractivity contribution is -0.128. The predicted octanol–water partition coefficient (Wildman–Crippen LogP) is 2.09. The van der Waals surface area contributed by atoms with Gasteiger partial charge in [-0.3, -0.25) is 4.79 Å². The molecule has 0 radical (unpaired) electrons. The lowest BCUT2D eigenvalue weighted by Gasteiger charge is -2.16. The molecule has 0 aliphatic heterocycles. The molecule has 4 heteroatoms. The molecule has 4 nitrogen and oxygen atoms in total. The molecule has 0 unspecified atom stereocenters. The molecule has 90 valence electrons. The number of rotatable bonds is 2. The maximum Gasteiger partial charge on any atom is 0.220 e. The molecule has 0 bridgehead atoms. The van der Waals surface area contributed by atoms with Crippen molar-refractivity contribution < 1.29 is 4.79 Å². The van der Waals surface area contributed by atoms with E-state index in [1.807, 2.05) is 4.57 Å². The average Bonchev–Trinajstić information content (AvgIpc) is 2.62. The first-order chi connectivity index (χ1) is 7.99. The summed E-state index contributed by atoms with van der Waals surface area (Å²) >= 11 is 0. The van der Waals surface area contributed by atoms with Gasteiger partial charge < -0.3 is 9.47 Å². The van der Waals surface area contributed by atoms with Crippen LogP contribution in [0.4, 0.5) is 0 Å². The van der Waals surface area contributed by atoms with Crippen molar-refractivity contribution in [1.82, 2.24) is 14.5 Å². The monoisotopic (exact) mass is 231 g/mol. The minimum absolute atomic E-state index is 0.0516. The molecule has 0 spiro atoms. The summed E-state index contributed by atoms with van der Waals surface area (Å²) in [7, 11) is 1.79. The summed E-state index contributed by atoms with van der Waals surface area (Å²) in [5, 5.41) is 0. The van der Waals surface area contributed by atoms with Gasteiger partial charge in [0, 0.05) is 14.0 Å². The normalized spacial score (nSPS) is 10.8. The third-order valence-corrected chi connectivity index (χ3v) is 3.14. The highest BCUT2D eigenvalue weighted by Crippen LogP contribution is 2.18. The Balaban J connectivity index is 2.42. The first-order valence-electron chi connectivity index (χ1n) is 5.63. The Morgan fingerprint density at radius 3 is 2.65 bits per heavy atom. The predicted molar refractivity (Wildman–Crippen MR) is 67.7 cm³/mol. The van der Waals surface area contributed by atoms with E-state index in [4.69, 9.17) is 0 Å². The first-order valence-corrected chi connectivity index (χ1v) is 5.63. The van der Waals surface area contributed by atoms with Crippen molar-refractivity contribution in [3.8, 4) is 0 Å². The largest absolute Gasteiger partial charge is 0.328 e. The Kier molecular flexibility index (Phi) is 2.88. The van der Waals surface area contributed by atoms with Gasteiger partial charge in [0.15, 0.2) is 0 Å². The molecule has 0 fully saturated rings. The number of hydrogen-bond acceptors (Lipinski definition) is 2. The number of carbonyl (C=O) groups is 1. The van der Waals surface area contributed by atoms with Crippen LogP contribution in [0.1, 0.15) is 18.1 Å². The number of carbonyl (C=O) groups excluding carboxylic acids is 1. The fraction of sp³-hybridized carbons (Fsp3) is 0.385. The van der Waals surface area contributed by atoms with Crippen molar-refractivity contribution in [3.05, 3.63) is 29.6 Å². The van der Waals surface area contributed by atoms with E-state index in [2.05, 4.69) is 31.0 Å². The quantitative estimate of drug-likeness (QED) is 0.793. The molecule has 0 N–H and O–H groups in total. The van der Waals surface area contributed by atoms with Crippen molar-refractivity contribution >= 4 is 16.9 Å². The van der Waals surface area contributed by atoms with Crippen LogP contribution in [0.25, 0.3) is 11.0 Å². The number of aromatic nitrogens is 2. The van der Waals surface area contributed by atoms with Crippen LogP contribution >= 0.6 is 0 Å². The highest BCUT2D eigenvalue weighted by molar-refractivity contribution is 5.77. The molecule has 0 saturated heterocycles. The van der Waals surface area contributed by atoms with E-state index < -0.39 is 0 Å². The number of imidazole rings is 1. The highest BCUT2D eigenvalue weighted by atomic mass is 16.2. The lowest BCUT2D eigenvalue weighted by atomic mass is 10.1. The molecule has 2 rings (SSSR count). The first kappa shape index (κ1) is 11.6. The van der Waals surface area contributed by atoms with Crippen molar-refractivity contribution in [2.45, 2.75) is 27.4 Å². The van der Waals surface area contributed by atoms with E-state index in [9.17, 15) is 4.79 Å². The van der Waals surface area contributed by atoms with Gasteiger partial charge >= 0.3 is 0 Å². The second-order valence-corrected chi connectivity index (χ2v) is 4.50. The molecule has 1 aromatic heterocycles. The second-order valence-electron chi connectivity index (χ2n) is 4.50. The van der Waals surface area contributed by atoms with E-state index >= 15 is 0 Å². The highest BCUT2D eigenvalue weighted by Gasteiger charge is 2.08. The second kappa shape index (κ2) is 4.20. The third-order valence-electron chi connectivity index (χ3n) is 3.14. The van der Waals surface area contributed by atoms with Crippen LogP contribution in [0.2, 0.25) is 0 Å². The summed E-state index contributed by atoms with van der Waals surface area (Å²) in [6.45, 7) is 6.26. The minimum Gasteiger partial charge on any atom is -0.328 e. The van der Waals surface area contributed by atoms with E-state index in [-0.39, 0.29) is 5.91 Å². The van der Waals surface area contributed by atoms with Crippen LogP contribution in [0.15, 0.2) is 18.5 Å². The molecule has 17 heavy (non-hydrogen) atoms. The van der Waals surface area contributed by atoms with Gasteiger partial charge in [-0.05, 0) is 37.1 Å². The molecule has 0 aliphatic rings. The standard InChI is InChI=1S/C13H17N3O/c1-9-5-12-13(6-10(9)2)16(7-14-12)8-15(4)11(3)17/h5-7H,8H2,1-4H3. The van der Waals surface area contributed by atoms with Gasteiger partial charge in [0.2, 0.25) is 5.91 Å². The van der Waals surface area contributed by atoms with Gasteiger partial charge in [-0.1, -0.05) is 0 Å². The summed E-state index contributed by atoms with van der Waals surface area (Å²) in [6.07, 6.45) is 1.78. The molecule has 1 amide bonds. The topological polar surface area (TPSA) is 38.1 Å². The smallest absolute Gasteiger partial charge is 0.220 e. The van der Waals surface area contributed by atoms with Gasteiger partial charge in [0.25, 0.3) is 0 Å². The van der Waals surface area contributed by atoms with Gasteiger partial charge in [-0.25, -0.2) is 4.98 Å². The number of fused-ring (bicyclic) bond motifs is 1. The Labute approximate surface area is 101 Å².